The number of carbonyl (C=O) groups is 2. The molecule has 2 N–H and O–H groups in total. The van der Waals surface area contributed by atoms with Gasteiger partial charge in [-0.25, -0.2) is 26.3 Å². The average molecular weight is 593 g/mol. The Bertz CT molecular complexity index is 1390. The first kappa shape index (κ1) is 29.0. The van der Waals surface area contributed by atoms with Gasteiger partial charge in [-0.05, 0) is 36.4 Å². The number of sulfonamides is 2. The summed E-state index contributed by atoms with van der Waals surface area (Å²) in [7, 11) is -7.85. The number of morpholine rings is 2. The van der Waals surface area contributed by atoms with Crippen molar-refractivity contribution in [1.29, 1.82) is 0 Å². The number of nitrogens with zero attached hydrogens (tertiary/aromatic N) is 2. The summed E-state index contributed by atoms with van der Waals surface area (Å²) in [4.78, 5) is 30.5. The molecule has 2 heterocycles. The van der Waals surface area contributed by atoms with Crippen molar-refractivity contribution in [2.75, 3.05) is 78.8 Å². The summed E-state index contributed by atoms with van der Waals surface area (Å²) >= 11 is 0. The highest BCUT2D eigenvalue weighted by molar-refractivity contribution is 7.89. The summed E-state index contributed by atoms with van der Waals surface area (Å²) in [6, 6.07) is 7.56. The molecule has 2 fully saturated rings. The molecule has 2 saturated heterocycles. The third-order valence-electron chi connectivity index (χ3n) is 7.23. The summed E-state index contributed by atoms with van der Waals surface area (Å²) in [6.07, 6.45) is 0. The van der Waals surface area contributed by atoms with Gasteiger partial charge in [-0.3, -0.25) is 19.4 Å². The van der Waals surface area contributed by atoms with Gasteiger partial charge in [0.25, 0.3) is 0 Å². The smallest absolute Gasteiger partial charge is 0.240 e. The molecule has 0 aromatic heterocycles. The van der Waals surface area contributed by atoms with Gasteiger partial charge in [0.05, 0.1) is 36.2 Å². The van der Waals surface area contributed by atoms with Crippen LogP contribution in [0.3, 0.4) is 0 Å². The molecule has 0 amide bonds. The molecule has 5 rings (SSSR count). The molecule has 0 spiro atoms. The highest BCUT2D eigenvalue weighted by Crippen LogP contribution is 2.30. The van der Waals surface area contributed by atoms with E-state index in [-0.39, 0.29) is 45.1 Å². The molecule has 216 valence electrons. The van der Waals surface area contributed by atoms with Crippen LogP contribution in [0.4, 0.5) is 0 Å². The lowest BCUT2D eigenvalue weighted by Crippen LogP contribution is -2.41. The number of ether oxygens (including phenoxy) is 2. The van der Waals surface area contributed by atoms with Crippen LogP contribution in [0.25, 0.3) is 0 Å². The van der Waals surface area contributed by atoms with Crippen LogP contribution in [0.2, 0.25) is 0 Å². The van der Waals surface area contributed by atoms with E-state index in [1.807, 2.05) is 0 Å². The number of rotatable bonds is 10. The van der Waals surface area contributed by atoms with Crippen molar-refractivity contribution in [2.24, 2.45) is 0 Å². The summed E-state index contributed by atoms with van der Waals surface area (Å²) in [5, 5.41) is 0. The number of ketones is 2. The van der Waals surface area contributed by atoms with E-state index in [1.165, 1.54) is 36.4 Å². The summed E-state index contributed by atoms with van der Waals surface area (Å²) in [5.41, 5.74) is -0.0141. The van der Waals surface area contributed by atoms with Gasteiger partial charge in [-0.15, -0.1) is 0 Å². The normalized spacial score (nSPS) is 18.9. The first-order chi connectivity index (χ1) is 19.2. The monoisotopic (exact) mass is 592 g/mol. The van der Waals surface area contributed by atoms with Crippen LogP contribution in [-0.2, 0) is 29.5 Å². The molecule has 12 nitrogen and oxygen atoms in total. The van der Waals surface area contributed by atoms with E-state index in [9.17, 15) is 26.4 Å². The second-order valence-electron chi connectivity index (χ2n) is 9.78. The zero-order chi connectivity index (χ0) is 28.3. The summed E-state index contributed by atoms with van der Waals surface area (Å²) < 4.78 is 67.3. The molecular formula is C26H32N4O8S2. The summed E-state index contributed by atoms with van der Waals surface area (Å²) in [6.45, 7) is 6.74. The molecular weight excluding hydrogens is 560 g/mol. The molecule has 2 aromatic rings. The Labute approximate surface area is 233 Å². The van der Waals surface area contributed by atoms with E-state index in [2.05, 4.69) is 19.2 Å². The van der Waals surface area contributed by atoms with Gasteiger partial charge < -0.3 is 9.47 Å². The molecule has 40 heavy (non-hydrogen) atoms. The number of hydrogen-bond donors (Lipinski definition) is 2. The van der Waals surface area contributed by atoms with Gasteiger partial charge in [0.1, 0.15) is 0 Å². The van der Waals surface area contributed by atoms with Crippen LogP contribution in [0.15, 0.2) is 46.2 Å². The molecule has 14 heteroatoms. The average Bonchev–Trinajstić information content (AvgIpc) is 2.96. The SMILES string of the molecule is O=C1c2ccc(S(=O)(=O)NCCN3CCOCC3)cc2C(=O)c2ccc(S(=O)(=O)NCCN3CCOCC3)cc21. The molecule has 1 aliphatic carbocycles. The van der Waals surface area contributed by atoms with Crippen molar-refractivity contribution < 1.29 is 35.9 Å². The molecule has 0 saturated carbocycles. The Morgan fingerprint density at radius 1 is 0.600 bits per heavy atom. The summed E-state index contributed by atoms with van der Waals surface area (Å²) in [5.74, 6) is -1.08. The van der Waals surface area contributed by atoms with Crippen LogP contribution in [-0.4, -0.2) is 117 Å². The van der Waals surface area contributed by atoms with Crippen molar-refractivity contribution in [1.82, 2.24) is 19.2 Å². The van der Waals surface area contributed by atoms with Gasteiger partial charge in [-0.1, -0.05) is 0 Å². The second kappa shape index (κ2) is 12.1. The number of carbonyl (C=O) groups excluding carboxylic acids is 2. The first-order valence-corrected chi connectivity index (χ1v) is 16.1. The molecule has 0 bridgehead atoms. The fourth-order valence-corrected chi connectivity index (χ4v) is 7.03. The number of benzene rings is 2. The lowest BCUT2D eigenvalue weighted by molar-refractivity contribution is 0.0389. The van der Waals surface area contributed by atoms with Crippen LogP contribution in [0.1, 0.15) is 31.8 Å². The molecule has 2 aromatic carbocycles. The Hall–Kier alpha value is -2.56. The minimum Gasteiger partial charge on any atom is -0.379 e. The molecule has 0 radical (unpaired) electrons. The lowest BCUT2D eigenvalue weighted by atomic mass is 9.84. The zero-order valence-electron chi connectivity index (χ0n) is 21.9. The van der Waals surface area contributed by atoms with Crippen LogP contribution in [0, 0.1) is 0 Å². The standard InChI is InChI=1S/C26H32N4O8S2/c31-25-21-3-1-19(39(33,34)27-5-7-29-9-13-37-14-10-29)17-23(21)26(32)22-4-2-20(18-24(22)25)40(35,36)28-6-8-30-11-15-38-16-12-30/h1-4,17-18,27-28H,5-16H2. The van der Waals surface area contributed by atoms with E-state index in [4.69, 9.17) is 9.47 Å². The topological polar surface area (TPSA) is 151 Å². The second-order valence-corrected chi connectivity index (χ2v) is 13.3. The number of fused-ring (bicyclic) bond motifs is 2. The van der Waals surface area contributed by atoms with Gasteiger partial charge in [0.2, 0.25) is 20.0 Å². The Morgan fingerprint density at radius 2 is 0.975 bits per heavy atom. The Kier molecular flexibility index (Phi) is 8.78. The van der Waals surface area contributed by atoms with E-state index < -0.39 is 31.6 Å². The third-order valence-corrected chi connectivity index (χ3v) is 10.1. The van der Waals surface area contributed by atoms with Crippen molar-refractivity contribution in [3.8, 4) is 0 Å². The van der Waals surface area contributed by atoms with Gasteiger partial charge >= 0.3 is 0 Å². The maximum absolute atomic E-state index is 13.3. The molecule has 3 aliphatic rings. The molecule has 0 unspecified atom stereocenters. The van der Waals surface area contributed by atoms with E-state index in [0.717, 1.165) is 26.2 Å². The van der Waals surface area contributed by atoms with Gasteiger partial charge in [-0.2, -0.15) is 0 Å². The molecule has 0 atom stereocenters. The fourth-order valence-electron chi connectivity index (χ4n) is 4.94. The maximum atomic E-state index is 13.3. The van der Waals surface area contributed by atoms with Gasteiger partial charge in [0.15, 0.2) is 11.6 Å². The van der Waals surface area contributed by atoms with Crippen molar-refractivity contribution >= 4 is 31.6 Å². The predicted octanol–water partition coefficient (Wildman–Crippen LogP) is -0.317. The van der Waals surface area contributed by atoms with E-state index in [0.29, 0.717) is 39.5 Å². The van der Waals surface area contributed by atoms with Crippen LogP contribution in [0.5, 0.6) is 0 Å². The number of nitrogens with one attached hydrogen (secondary N) is 2. The third kappa shape index (κ3) is 6.34. The van der Waals surface area contributed by atoms with Crippen LogP contribution >= 0.6 is 0 Å². The minimum absolute atomic E-state index is 0.0274. The van der Waals surface area contributed by atoms with Gasteiger partial charge in [0, 0.05) is 74.6 Å². The predicted molar refractivity (Wildman–Crippen MR) is 145 cm³/mol. The largest absolute Gasteiger partial charge is 0.379 e. The van der Waals surface area contributed by atoms with Crippen molar-refractivity contribution in [3.63, 3.8) is 0 Å². The lowest BCUT2D eigenvalue weighted by Gasteiger charge is -2.26. The minimum atomic E-state index is -3.93. The highest BCUT2D eigenvalue weighted by atomic mass is 32.2. The molecule has 2 aliphatic heterocycles. The maximum Gasteiger partial charge on any atom is 0.240 e. The quantitative estimate of drug-likeness (QED) is 0.321. The highest BCUT2D eigenvalue weighted by Gasteiger charge is 2.32. The fraction of sp³-hybridized carbons (Fsp3) is 0.462. The van der Waals surface area contributed by atoms with Crippen molar-refractivity contribution in [3.05, 3.63) is 58.7 Å². The van der Waals surface area contributed by atoms with E-state index >= 15 is 0 Å². The first-order valence-electron chi connectivity index (χ1n) is 13.1. The van der Waals surface area contributed by atoms with Crippen LogP contribution < -0.4 is 9.44 Å². The van der Waals surface area contributed by atoms with Crippen molar-refractivity contribution in [2.45, 2.75) is 9.79 Å². The Morgan fingerprint density at radius 3 is 1.35 bits per heavy atom. The van der Waals surface area contributed by atoms with E-state index in [1.54, 1.807) is 0 Å². The number of hydrogen-bond acceptors (Lipinski definition) is 10. The zero-order valence-corrected chi connectivity index (χ0v) is 23.6. The Balaban J connectivity index is 1.29.